The molecule has 3 aromatic carbocycles. The van der Waals surface area contributed by atoms with Crippen LogP contribution in [0.25, 0.3) is 0 Å². The van der Waals surface area contributed by atoms with E-state index in [1.165, 1.54) is 41.3 Å². The highest BCUT2D eigenvalue weighted by atomic mass is 35.5. The van der Waals surface area contributed by atoms with Gasteiger partial charge in [0.1, 0.15) is 12.6 Å². The van der Waals surface area contributed by atoms with Crippen molar-refractivity contribution in [2.45, 2.75) is 57.1 Å². The molecule has 1 atom stereocenters. The Balaban J connectivity index is 2.12. The predicted octanol–water partition coefficient (Wildman–Crippen LogP) is 7.22. The molecule has 0 aromatic heterocycles. The molecule has 0 aliphatic rings. The number of hydrogen-bond donors (Lipinski definition) is 1. The second kappa shape index (κ2) is 13.7. The number of sulfonamides is 1. The second-order valence-electron chi connectivity index (χ2n) is 10.3. The molecule has 12 heteroatoms. The third-order valence-corrected chi connectivity index (χ3v) is 9.03. The number of anilines is 1. The van der Waals surface area contributed by atoms with Gasteiger partial charge in [0.2, 0.25) is 11.8 Å². The van der Waals surface area contributed by atoms with E-state index in [2.05, 4.69) is 5.32 Å². The standard InChI is InChI=1S/C29H31Cl4N3O4S/c1-5-26(28(38)34-29(2,3)4)35(17-23-24(32)10-7-11-25(23)33)27(37)18-36(21-9-6-8-20(31)16-21)41(39,40)22-14-12-19(30)13-15-22/h6-16,26H,5,17-18H2,1-4H3,(H,34,38)/t26-/m1/s1. The first-order valence-corrected chi connectivity index (χ1v) is 15.7. The highest BCUT2D eigenvalue weighted by molar-refractivity contribution is 7.92. The summed E-state index contributed by atoms with van der Waals surface area (Å²) < 4.78 is 28.7. The van der Waals surface area contributed by atoms with Crippen LogP contribution in [0.5, 0.6) is 0 Å². The van der Waals surface area contributed by atoms with Crippen LogP contribution in [0.15, 0.2) is 71.6 Å². The molecule has 7 nitrogen and oxygen atoms in total. The van der Waals surface area contributed by atoms with Crippen LogP contribution < -0.4 is 9.62 Å². The van der Waals surface area contributed by atoms with Crippen molar-refractivity contribution in [3.05, 3.63) is 92.4 Å². The van der Waals surface area contributed by atoms with Crippen LogP contribution in [0, 0.1) is 0 Å². The number of carbonyl (C=O) groups is 2. The van der Waals surface area contributed by atoms with Gasteiger partial charge >= 0.3 is 0 Å². The topological polar surface area (TPSA) is 86.8 Å². The van der Waals surface area contributed by atoms with E-state index >= 15 is 0 Å². The minimum absolute atomic E-state index is 0.0760. The lowest BCUT2D eigenvalue weighted by molar-refractivity contribution is -0.141. The fourth-order valence-corrected chi connectivity index (χ4v) is 6.35. The first-order chi connectivity index (χ1) is 19.1. The average molecular weight is 659 g/mol. The van der Waals surface area contributed by atoms with Crippen molar-refractivity contribution < 1.29 is 18.0 Å². The van der Waals surface area contributed by atoms with Crippen LogP contribution in [-0.2, 0) is 26.2 Å². The molecule has 0 saturated heterocycles. The molecule has 0 fully saturated rings. The van der Waals surface area contributed by atoms with Crippen LogP contribution >= 0.6 is 46.4 Å². The number of hydrogen-bond acceptors (Lipinski definition) is 4. The Labute approximate surface area is 261 Å². The van der Waals surface area contributed by atoms with Gasteiger partial charge in [-0.05, 0) is 81.8 Å². The van der Waals surface area contributed by atoms with Crippen LogP contribution in [0.1, 0.15) is 39.7 Å². The number of carbonyl (C=O) groups excluding carboxylic acids is 2. The van der Waals surface area contributed by atoms with E-state index in [4.69, 9.17) is 46.4 Å². The molecule has 41 heavy (non-hydrogen) atoms. The summed E-state index contributed by atoms with van der Waals surface area (Å²) in [7, 11) is -4.27. The average Bonchev–Trinajstić information content (AvgIpc) is 2.87. The van der Waals surface area contributed by atoms with E-state index in [9.17, 15) is 18.0 Å². The van der Waals surface area contributed by atoms with E-state index in [-0.39, 0.29) is 28.6 Å². The van der Waals surface area contributed by atoms with Crippen molar-refractivity contribution in [2.24, 2.45) is 0 Å². The molecule has 0 saturated carbocycles. The first-order valence-electron chi connectivity index (χ1n) is 12.7. The summed E-state index contributed by atoms with van der Waals surface area (Å²) in [5, 5.41) is 4.16. The zero-order valence-corrected chi connectivity index (χ0v) is 26.8. The van der Waals surface area contributed by atoms with Crippen molar-refractivity contribution in [3.8, 4) is 0 Å². The summed E-state index contributed by atoms with van der Waals surface area (Å²) in [5.74, 6) is -1.04. The monoisotopic (exact) mass is 657 g/mol. The molecule has 0 aliphatic carbocycles. The van der Waals surface area contributed by atoms with Crippen LogP contribution in [0.3, 0.4) is 0 Å². The Morgan fingerprint density at radius 1 is 0.878 bits per heavy atom. The fourth-order valence-electron chi connectivity index (χ4n) is 4.12. The molecule has 0 spiro atoms. The summed E-state index contributed by atoms with van der Waals surface area (Å²) in [4.78, 5) is 28.8. The number of benzene rings is 3. The SMILES string of the molecule is CC[C@H](C(=O)NC(C)(C)C)N(Cc1c(Cl)cccc1Cl)C(=O)CN(c1cccc(Cl)c1)S(=O)(=O)c1ccc(Cl)cc1. The molecule has 0 unspecified atom stereocenters. The van der Waals surface area contributed by atoms with Gasteiger partial charge in [-0.2, -0.15) is 0 Å². The molecular weight excluding hydrogens is 628 g/mol. The van der Waals surface area contributed by atoms with E-state index in [1.807, 2.05) is 20.8 Å². The summed E-state index contributed by atoms with van der Waals surface area (Å²) in [6.45, 7) is 6.49. The summed E-state index contributed by atoms with van der Waals surface area (Å²) >= 11 is 25.1. The number of rotatable bonds is 10. The highest BCUT2D eigenvalue weighted by Crippen LogP contribution is 2.30. The molecule has 3 rings (SSSR count). The van der Waals surface area contributed by atoms with Gasteiger partial charge in [-0.15, -0.1) is 0 Å². The number of amides is 2. The van der Waals surface area contributed by atoms with Gasteiger partial charge < -0.3 is 10.2 Å². The maximum absolute atomic E-state index is 14.1. The predicted molar refractivity (Wildman–Crippen MR) is 166 cm³/mol. The number of halogens is 4. The van der Waals surface area contributed by atoms with E-state index in [1.54, 1.807) is 37.3 Å². The van der Waals surface area contributed by atoms with Gasteiger partial charge in [0, 0.05) is 37.7 Å². The minimum Gasteiger partial charge on any atom is -0.350 e. The molecule has 1 N–H and O–H groups in total. The Morgan fingerprint density at radius 2 is 1.46 bits per heavy atom. The maximum Gasteiger partial charge on any atom is 0.264 e. The van der Waals surface area contributed by atoms with Crippen molar-refractivity contribution in [2.75, 3.05) is 10.8 Å². The Morgan fingerprint density at radius 3 is 2.00 bits per heavy atom. The molecule has 2 amide bonds. The molecule has 0 radical (unpaired) electrons. The molecule has 220 valence electrons. The maximum atomic E-state index is 14.1. The first kappa shape index (κ1) is 33.0. The van der Waals surface area contributed by atoms with Gasteiger partial charge in [-0.25, -0.2) is 8.42 Å². The third kappa shape index (κ3) is 8.52. The van der Waals surface area contributed by atoms with E-state index in [0.717, 1.165) is 4.31 Å². The normalized spacial score (nSPS) is 12.5. The fraction of sp³-hybridized carbons (Fsp3) is 0.310. The lowest BCUT2D eigenvalue weighted by atomic mass is 10.1. The smallest absolute Gasteiger partial charge is 0.264 e. The second-order valence-corrected chi connectivity index (χ2v) is 13.9. The zero-order chi connectivity index (χ0) is 30.5. The molecule has 0 aliphatic heterocycles. The van der Waals surface area contributed by atoms with Crippen LogP contribution in [0.4, 0.5) is 5.69 Å². The van der Waals surface area contributed by atoms with Gasteiger partial charge in [-0.1, -0.05) is 65.5 Å². The van der Waals surface area contributed by atoms with Crippen molar-refractivity contribution in [1.82, 2.24) is 10.2 Å². The van der Waals surface area contributed by atoms with Gasteiger partial charge in [-0.3, -0.25) is 13.9 Å². The van der Waals surface area contributed by atoms with Crippen molar-refractivity contribution >= 4 is 73.9 Å². The highest BCUT2D eigenvalue weighted by Gasteiger charge is 2.35. The van der Waals surface area contributed by atoms with Crippen molar-refractivity contribution in [1.29, 1.82) is 0 Å². The minimum atomic E-state index is -4.27. The molecule has 3 aromatic rings. The lowest BCUT2D eigenvalue weighted by Gasteiger charge is -2.35. The number of nitrogens with one attached hydrogen (secondary N) is 1. The quantitative estimate of drug-likeness (QED) is 0.249. The molecular formula is C29H31Cl4N3O4S. The van der Waals surface area contributed by atoms with Crippen LogP contribution in [0.2, 0.25) is 20.1 Å². The Kier molecular flexibility index (Phi) is 11.0. The van der Waals surface area contributed by atoms with Gasteiger partial charge in [0.05, 0.1) is 10.6 Å². The van der Waals surface area contributed by atoms with E-state index < -0.39 is 40.0 Å². The Hall–Kier alpha value is -2.49. The van der Waals surface area contributed by atoms with E-state index in [0.29, 0.717) is 20.6 Å². The van der Waals surface area contributed by atoms with Crippen LogP contribution in [-0.4, -0.2) is 43.3 Å². The van der Waals surface area contributed by atoms with Gasteiger partial charge in [0.15, 0.2) is 0 Å². The van der Waals surface area contributed by atoms with Crippen molar-refractivity contribution in [3.63, 3.8) is 0 Å². The zero-order valence-electron chi connectivity index (χ0n) is 23.0. The lowest BCUT2D eigenvalue weighted by Crippen LogP contribution is -2.55. The Bertz CT molecular complexity index is 1490. The van der Waals surface area contributed by atoms with Gasteiger partial charge in [0.25, 0.3) is 10.0 Å². The summed E-state index contributed by atoms with van der Waals surface area (Å²) in [5.41, 5.74) is 0.0243. The molecule has 0 bridgehead atoms. The summed E-state index contributed by atoms with van der Waals surface area (Å²) in [6.07, 6.45) is 0.247. The molecule has 0 heterocycles. The largest absolute Gasteiger partial charge is 0.350 e. The summed E-state index contributed by atoms with van der Waals surface area (Å²) in [6, 6.07) is 15.7. The number of nitrogens with zero attached hydrogens (tertiary/aromatic N) is 2. The third-order valence-electron chi connectivity index (χ3n) is 6.05.